The van der Waals surface area contributed by atoms with Crippen LogP contribution in [0.15, 0.2) is 142 Å². The molecule has 7 heteroatoms. The smallest absolute Gasteiger partial charge is 0.137 e. The summed E-state index contributed by atoms with van der Waals surface area (Å²) in [5.41, 5.74) is 12.2. The summed E-state index contributed by atoms with van der Waals surface area (Å²) < 4.78 is 17.3. The summed E-state index contributed by atoms with van der Waals surface area (Å²) in [7, 11) is 0. The van der Waals surface area contributed by atoms with E-state index in [4.69, 9.17) is 8.83 Å². The van der Waals surface area contributed by atoms with Crippen LogP contribution < -0.4 is 0 Å². The maximum absolute atomic E-state index is 10.3. The molecule has 0 bridgehead atoms. The summed E-state index contributed by atoms with van der Waals surface area (Å²) in [4.78, 5) is 0. The highest BCUT2D eigenvalue weighted by Crippen LogP contribution is 2.44. The lowest BCUT2D eigenvalue weighted by Gasteiger charge is -2.19. The minimum atomic E-state index is 0.0451. The molecule has 6 aromatic carbocycles. The first-order chi connectivity index (χ1) is 28.6. The first kappa shape index (κ1) is 32.2. The van der Waals surface area contributed by atoms with Gasteiger partial charge in [-0.3, -0.25) is 0 Å². The molecular weight excluding hydrogens is 715 g/mol. The molecule has 4 heterocycles. The third kappa shape index (κ3) is 4.52. The number of allylic oxidation sites excluding steroid dienone is 5. The Balaban J connectivity index is 1.11. The number of aryl methyl sites for hydroxylation is 1. The Hall–Kier alpha value is -8.05. The molecule has 0 saturated heterocycles. The fraction of sp³-hybridized carbons (Fsp3) is 0.0784. The van der Waals surface area contributed by atoms with Gasteiger partial charge in [0, 0.05) is 66.5 Å². The van der Waals surface area contributed by atoms with E-state index in [-0.39, 0.29) is 6.04 Å². The monoisotopic (exact) mass is 743 g/mol. The van der Waals surface area contributed by atoms with Gasteiger partial charge in [-0.1, -0.05) is 48.6 Å². The molecule has 7 nitrogen and oxygen atoms in total. The van der Waals surface area contributed by atoms with E-state index in [0.29, 0.717) is 22.4 Å². The Morgan fingerprint density at radius 2 is 1.34 bits per heavy atom. The topological polar surface area (TPSA) is 108 Å². The molecule has 1 atom stereocenters. The number of para-hydroxylation sites is 1. The summed E-state index contributed by atoms with van der Waals surface area (Å²) in [5, 5.41) is 37.2. The van der Waals surface area contributed by atoms with E-state index < -0.39 is 0 Å². The van der Waals surface area contributed by atoms with Crippen molar-refractivity contribution < 1.29 is 8.83 Å². The van der Waals surface area contributed by atoms with Gasteiger partial charge in [-0.2, -0.15) is 15.8 Å². The van der Waals surface area contributed by atoms with Crippen LogP contribution in [0, 0.1) is 34.0 Å². The van der Waals surface area contributed by atoms with E-state index in [1.165, 1.54) is 10.9 Å². The predicted octanol–water partition coefficient (Wildman–Crippen LogP) is 12.9. The van der Waals surface area contributed by atoms with Gasteiger partial charge in [0.1, 0.15) is 28.6 Å². The molecule has 270 valence electrons. The normalized spacial score (nSPS) is 15.1. The first-order valence-corrected chi connectivity index (χ1v) is 19.4. The van der Waals surface area contributed by atoms with E-state index in [2.05, 4.69) is 112 Å². The van der Waals surface area contributed by atoms with Crippen LogP contribution in [0.25, 0.3) is 99.4 Å². The molecule has 1 unspecified atom stereocenters. The van der Waals surface area contributed by atoms with Crippen LogP contribution in [-0.2, 0) is 6.42 Å². The number of furan rings is 2. The molecule has 0 amide bonds. The minimum absolute atomic E-state index is 0.0451. The molecule has 0 spiro atoms. The van der Waals surface area contributed by atoms with Crippen molar-refractivity contribution in [2.75, 3.05) is 0 Å². The van der Waals surface area contributed by atoms with Gasteiger partial charge in [0.05, 0.1) is 51.5 Å². The Labute approximate surface area is 331 Å². The molecule has 2 aliphatic rings. The summed E-state index contributed by atoms with van der Waals surface area (Å²) in [6.45, 7) is 0. The Morgan fingerprint density at radius 3 is 2.16 bits per heavy atom. The average molecular weight is 744 g/mol. The van der Waals surface area contributed by atoms with Gasteiger partial charge in [0.15, 0.2) is 0 Å². The Kier molecular flexibility index (Phi) is 6.65. The van der Waals surface area contributed by atoms with Gasteiger partial charge >= 0.3 is 0 Å². The van der Waals surface area contributed by atoms with Crippen molar-refractivity contribution in [1.82, 2.24) is 9.13 Å². The van der Waals surface area contributed by atoms with Gasteiger partial charge in [-0.25, -0.2) is 0 Å². The van der Waals surface area contributed by atoms with Crippen molar-refractivity contribution in [2.45, 2.75) is 25.3 Å². The summed E-state index contributed by atoms with van der Waals surface area (Å²) in [6, 6.07) is 42.3. The van der Waals surface area contributed by atoms with Crippen molar-refractivity contribution in [3.8, 4) is 35.0 Å². The second-order valence-corrected chi connectivity index (χ2v) is 15.3. The van der Waals surface area contributed by atoms with Crippen LogP contribution in [0.5, 0.6) is 0 Å². The van der Waals surface area contributed by atoms with Crippen LogP contribution in [0.1, 0.15) is 41.3 Å². The number of rotatable bonds is 3. The van der Waals surface area contributed by atoms with E-state index >= 15 is 0 Å². The third-order valence-electron chi connectivity index (χ3n) is 12.2. The molecule has 0 fully saturated rings. The van der Waals surface area contributed by atoms with Crippen LogP contribution >= 0.6 is 0 Å². The maximum Gasteiger partial charge on any atom is 0.137 e. The molecule has 12 rings (SSSR count). The van der Waals surface area contributed by atoms with E-state index in [1.807, 2.05) is 36.4 Å². The van der Waals surface area contributed by atoms with E-state index in [9.17, 15) is 15.8 Å². The van der Waals surface area contributed by atoms with Crippen LogP contribution in [0.2, 0.25) is 0 Å². The van der Waals surface area contributed by atoms with Crippen molar-refractivity contribution >= 4 is 82.6 Å². The summed E-state index contributed by atoms with van der Waals surface area (Å²) >= 11 is 0. The molecule has 0 aliphatic heterocycles. The van der Waals surface area contributed by atoms with Crippen molar-refractivity contribution in [3.63, 3.8) is 0 Å². The highest BCUT2D eigenvalue weighted by atomic mass is 16.3. The maximum atomic E-state index is 10.3. The van der Waals surface area contributed by atoms with E-state index in [1.54, 1.807) is 12.1 Å². The summed E-state index contributed by atoms with van der Waals surface area (Å²) in [6.07, 6.45) is 13.0. The quantitative estimate of drug-likeness (QED) is 0.179. The van der Waals surface area contributed by atoms with Gasteiger partial charge in [-0.15, -0.1) is 0 Å². The SMILES string of the molecule is N#CC1=CCC(n2c3ccc(-c4ccc5c(c4)c4cc6c(cc4n5-c4ccc(C#N)cc4C#N)oc4ccccc46)cc3c3cc4c5c(oc4cc32)C=CCC5)C=C1. The fourth-order valence-electron chi connectivity index (χ4n) is 9.51. The van der Waals surface area contributed by atoms with Crippen molar-refractivity contribution in [2.24, 2.45) is 0 Å². The van der Waals surface area contributed by atoms with Crippen molar-refractivity contribution in [1.29, 1.82) is 15.8 Å². The minimum Gasteiger partial charge on any atom is -0.456 e. The standard InChI is InChI=1S/C51H29N5O2/c52-26-29-9-14-34(15-10-29)55-44-17-12-31(20-37(44)39-22-41-35-5-1-3-7-48(35)57-50(41)24-46(39)55)32-13-18-45-38(21-32)40-23-42-36-6-2-4-8-49(36)58-51(42)25-47(40)56(45)43-16-11-30(27-53)19-33(43)28-54/h2-4,6-14,16-25,34H,1,5,15H2. The van der Waals surface area contributed by atoms with Gasteiger partial charge < -0.3 is 18.0 Å². The number of hydrogen-bond donors (Lipinski definition) is 0. The Morgan fingerprint density at radius 1 is 0.586 bits per heavy atom. The van der Waals surface area contributed by atoms with Crippen LogP contribution in [-0.4, -0.2) is 9.13 Å². The number of fused-ring (bicyclic) bond motifs is 12. The number of nitriles is 3. The van der Waals surface area contributed by atoms with Crippen molar-refractivity contribution in [3.05, 3.63) is 155 Å². The predicted molar refractivity (Wildman–Crippen MR) is 230 cm³/mol. The summed E-state index contributed by atoms with van der Waals surface area (Å²) in [5.74, 6) is 0.945. The average Bonchev–Trinajstić information content (AvgIpc) is 4.01. The lowest BCUT2D eigenvalue weighted by molar-refractivity contribution is 0.595. The highest BCUT2D eigenvalue weighted by Gasteiger charge is 2.24. The zero-order valence-corrected chi connectivity index (χ0v) is 31.0. The molecule has 10 aromatic rings. The largest absolute Gasteiger partial charge is 0.456 e. The highest BCUT2D eigenvalue weighted by molar-refractivity contribution is 6.18. The van der Waals surface area contributed by atoms with Crippen LogP contribution in [0.4, 0.5) is 0 Å². The molecular formula is C51H29N5O2. The fourth-order valence-corrected chi connectivity index (χ4v) is 9.51. The lowest BCUT2D eigenvalue weighted by atomic mass is 9.98. The first-order valence-electron chi connectivity index (χ1n) is 19.4. The van der Waals surface area contributed by atoms with Gasteiger partial charge in [0.2, 0.25) is 0 Å². The molecule has 0 radical (unpaired) electrons. The Bertz CT molecular complexity index is 3710. The zero-order valence-electron chi connectivity index (χ0n) is 31.0. The number of aromatic nitrogens is 2. The number of benzene rings is 6. The molecule has 4 aromatic heterocycles. The third-order valence-corrected chi connectivity index (χ3v) is 12.2. The number of nitrogens with zero attached hydrogens (tertiary/aromatic N) is 5. The van der Waals surface area contributed by atoms with E-state index in [0.717, 1.165) is 107 Å². The zero-order chi connectivity index (χ0) is 38.6. The number of hydrogen-bond acceptors (Lipinski definition) is 5. The molecule has 2 aliphatic carbocycles. The molecule has 0 N–H and O–H groups in total. The van der Waals surface area contributed by atoms with Gasteiger partial charge in [0.25, 0.3) is 0 Å². The second-order valence-electron chi connectivity index (χ2n) is 15.3. The second kappa shape index (κ2) is 12.0. The molecule has 0 saturated carbocycles. The van der Waals surface area contributed by atoms with Crippen LogP contribution in [0.3, 0.4) is 0 Å². The lowest BCUT2D eigenvalue weighted by Crippen LogP contribution is -2.07. The molecule has 58 heavy (non-hydrogen) atoms. The van der Waals surface area contributed by atoms with Gasteiger partial charge in [-0.05, 0) is 103 Å².